The number of hydrogen-bond acceptors (Lipinski definition) is 3. The zero-order valence-corrected chi connectivity index (χ0v) is 9.57. The van der Waals surface area contributed by atoms with Crippen molar-refractivity contribution < 1.29 is 39.3 Å². The number of hydrogen-bond donors (Lipinski definition) is 0. The molecule has 108 valence electrons. The van der Waals surface area contributed by atoms with Crippen LogP contribution in [0.2, 0.25) is 0 Å². The van der Waals surface area contributed by atoms with Crippen molar-refractivity contribution in [1.29, 1.82) is 0 Å². The molecule has 0 heterocycles. The van der Waals surface area contributed by atoms with Gasteiger partial charge in [0.1, 0.15) is 0 Å². The average molecular weight is 299 g/mol. The lowest BCUT2D eigenvalue weighted by Crippen LogP contribution is -2.42. The van der Waals surface area contributed by atoms with Gasteiger partial charge in [0.15, 0.2) is 0 Å². The normalized spacial score (nSPS) is 31.4. The predicted molar refractivity (Wildman–Crippen MR) is 46.4 cm³/mol. The molecule has 0 N–H and O–H groups in total. The maximum absolute atomic E-state index is 12.4. The van der Waals surface area contributed by atoms with Crippen LogP contribution in [0, 0.1) is 11.8 Å². The molecule has 1 aliphatic carbocycles. The van der Waals surface area contributed by atoms with Crippen LogP contribution in [0.5, 0.6) is 0 Å². The lowest BCUT2D eigenvalue weighted by molar-refractivity contribution is -0.221. The topological polar surface area (TPSA) is 57.2 Å². The van der Waals surface area contributed by atoms with Gasteiger partial charge in [-0.1, -0.05) is 0 Å². The zero-order chi connectivity index (χ0) is 14.4. The van der Waals surface area contributed by atoms with Crippen molar-refractivity contribution in [1.82, 2.24) is 0 Å². The Morgan fingerprint density at radius 1 is 0.833 bits per heavy atom. The highest BCUT2D eigenvalue weighted by Crippen LogP contribution is 2.46. The van der Waals surface area contributed by atoms with E-state index in [1.165, 1.54) is 0 Å². The Morgan fingerprint density at radius 3 is 1.39 bits per heavy atom. The molecule has 1 saturated carbocycles. The van der Waals surface area contributed by atoms with E-state index in [-0.39, 0.29) is 0 Å². The van der Waals surface area contributed by atoms with Gasteiger partial charge in [-0.05, 0) is 19.3 Å². The van der Waals surface area contributed by atoms with E-state index in [4.69, 9.17) is 0 Å². The monoisotopic (exact) mass is 299 g/mol. The largest absolute Gasteiger partial charge is 0.748 e. The third-order valence-corrected chi connectivity index (χ3v) is 4.20. The molecule has 3 nitrogen and oxygen atoms in total. The van der Waals surface area contributed by atoms with Crippen LogP contribution < -0.4 is 0 Å². The molecule has 0 aliphatic heterocycles. The van der Waals surface area contributed by atoms with E-state index in [2.05, 4.69) is 0 Å². The molecule has 1 rings (SSSR count). The van der Waals surface area contributed by atoms with E-state index in [1.54, 1.807) is 0 Å². The van der Waals surface area contributed by atoms with E-state index in [9.17, 15) is 39.3 Å². The Morgan fingerprint density at radius 2 is 1.17 bits per heavy atom. The summed E-state index contributed by atoms with van der Waals surface area (Å²) < 4.78 is 106. The molecule has 0 aromatic rings. The van der Waals surface area contributed by atoms with Crippen molar-refractivity contribution in [2.75, 3.05) is 0 Å². The fourth-order valence-corrected chi connectivity index (χ4v) is 2.97. The smallest absolute Gasteiger partial charge is 0.391 e. The first-order chi connectivity index (χ1) is 7.82. The van der Waals surface area contributed by atoms with Crippen molar-refractivity contribution in [3.05, 3.63) is 0 Å². The van der Waals surface area contributed by atoms with Gasteiger partial charge < -0.3 is 4.55 Å². The summed E-state index contributed by atoms with van der Waals surface area (Å²) >= 11 is 0. The molecule has 1 aliphatic rings. The first-order valence-electron chi connectivity index (χ1n) is 4.90. The fraction of sp³-hybridized carbons (Fsp3) is 1.00. The highest BCUT2D eigenvalue weighted by molar-refractivity contribution is 7.86. The molecule has 0 aromatic heterocycles. The number of halogens is 6. The maximum atomic E-state index is 12.4. The second kappa shape index (κ2) is 4.55. The third-order valence-electron chi connectivity index (χ3n) is 3.00. The van der Waals surface area contributed by atoms with Crippen LogP contribution in [0.4, 0.5) is 26.3 Å². The van der Waals surface area contributed by atoms with Crippen molar-refractivity contribution in [3.8, 4) is 0 Å². The van der Waals surface area contributed by atoms with Gasteiger partial charge in [-0.3, -0.25) is 0 Å². The van der Waals surface area contributed by atoms with Crippen LogP contribution in [0.1, 0.15) is 19.3 Å². The fourth-order valence-electron chi connectivity index (χ4n) is 2.04. The van der Waals surface area contributed by atoms with Crippen LogP contribution in [-0.4, -0.2) is 30.6 Å². The lowest BCUT2D eigenvalue weighted by Gasteiger charge is -2.37. The molecule has 1 fully saturated rings. The minimum atomic E-state index is -5.16. The third kappa shape index (κ3) is 3.74. The van der Waals surface area contributed by atoms with Gasteiger partial charge >= 0.3 is 12.4 Å². The molecule has 18 heavy (non-hydrogen) atoms. The Bertz CT molecular complexity index is 376. The molecule has 0 saturated heterocycles. The summed E-state index contributed by atoms with van der Waals surface area (Å²) in [4.78, 5) is 0. The molecule has 10 heteroatoms. The molecule has 2 unspecified atom stereocenters. The molecular weight excluding hydrogens is 290 g/mol. The van der Waals surface area contributed by atoms with Crippen LogP contribution in [0.3, 0.4) is 0 Å². The molecule has 0 aromatic carbocycles. The SMILES string of the molecule is O=S(=O)([O-])C1CC(C(F)(F)F)CC(C(F)(F)F)C1. The molecule has 2 atom stereocenters. The minimum absolute atomic E-state index is 1.10. The van der Waals surface area contributed by atoms with Crippen molar-refractivity contribution in [3.63, 3.8) is 0 Å². The van der Waals surface area contributed by atoms with Gasteiger partial charge in [0.2, 0.25) is 0 Å². The molecular formula is C8H9F6O3S-. The minimum Gasteiger partial charge on any atom is -0.748 e. The lowest BCUT2D eigenvalue weighted by atomic mass is 9.80. The quantitative estimate of drug-likeness (QED) is 0.552. The maximum Gasteiger partial charge on any atom is 0.391 e. The number of alkyl halides is 6. The summed E-state index contributed by atoms with van der Waals surface area (Å²) in [6.45, 7) is 0. The first kappa shape index (κ1) is 15.5. The highest BCUT2D eigenvalue weighted by atomic mass is 32.2. The van der Waals surface area contributed by atoms with Gasteiger partial charge in [0.25, 0.3) is 0 Å². The standard InChI is InChI=1S/C8H10F6O3S/c9-7(10,11)4-1-5(8(12,13)14)3-6(2-4)18(15,16)17/h4-6H,1-3H2,(H,15,16,17)/p-1. The Labute approximate surface area is 98.9 Å². The van der Waals surface area contributed by atoms with Gasteiger partial charge in [-0.15, -0.1) is 0 Å². The molecule has 0 radical (unpaired) electrons. The summed E-state index contributed by atoms with van der Waals surface area (Å²) in [6.07, 6.45) is -13.3. The zero-order valence-electron chi connectivity index (χ0n) is 8.75. The molecule has 0 bridgehead atoms. The van der Waals surface area contributed by atoms with Crippen molar-refractivity contribution >= 4 is 10.1 Å². The van der Waals surface area contributed by atoms with E-state index in [0.717, 1.165) is 0 Å². The number of rotatable bonds is 1. The summed E-state index contributed by atoms with van der Waals surface area (Å²) in [5.41, 5.74) is 0. The average Bonchev–Trinajstić information content (AvgIpc) is 2.13. The first-order valence-corrected chi connectivity index (χ1v) is 6.37. The second-order valence-corrected chi connectivity index (χ2v) is 5.95. The van der Waals surface area contributed by atoms with E-state index in [0.29, 0.717) is 0 Å². The van der Waals surface area contributed by atoms with Crippen molar-refractivity contribution in [2.45, 2.75) is 36.9 Å². The van der Waals surface area contributed by atoms with Gasteiger partial charge in [-0.2, -0.15) is 26.3 Å². The Hall–Kier alpha value is -0.510. The second-order valence-electron chi connectivity index (χ2n) is 4.30. The van der Waals surface area contributed by atoms with Crippen LogP contribution in [0.25, 0.3) is 0 Å². The van der Waals surface area contributed by atoms with Gasteiger partial charge in [-0.25, -0.2) is 8.42 Å². The van der Waals surface area contributed by atoms with Crippen molar-refractivity contribution in [2.24, 2.45) is 11.8 Å². The molecule has 0 amide bonds. The summed E-state index contributed by atoms with van der Waals surface area (Å²) in [5, 5.41) is -2.13. The van der Waals surface area contributed by atoms with E-state index in [1.807, 2.05) is 0 Å². The van der Waals surface area contributed by atoms with Crippen LogP contribution in [-0.2, 0) is 10.1 Å². The Balaban J connectivity index is 3.01. The van der Waals surface area contributed by atoms with E-state index >= 15 is 0 Å². The summed E-state index contributed by atoms with van der Waals surface area (Å²) in [6, 6.07) is 0. The van der Waals surface area contributed by atoms with Gasteiger partial charge in [0.05, 0.1) is 27.2 Å². The highest BCUT2D eigenvalue weighted by Gasteiger charge is 2.52. The van der Waals surface area contributed by atoms with Gasteiger partial charge in [0, 0.05) is 0 Å². The van der Waals surface area contributed by atoms with E-state index < -0.39 is 58.8 Å². The van der Waals surface area contributed by atoms with Crippen LogP contribution in [0.15, 0.2) is 0 Å². The Kier molecular flexibility index (Phi) is 3.93. The summed E-state index contributed by atoms with van der Waals surface area (Å²) in [7, 11) is -5.16. The van der Waals surface area contributed by atoms with Crippen LogP contribution >= 0.6 is 0 Å². The molecule has 0 spiro atoms. The summed E-state index contributed by atoms with van der Waals surface area (Å²) in [5.74, 6) is -4.82. The predicted octanol–water partition coefficient (Wildman–Crippen LogP) is 2.44.